The monoisotopic (exact) mass is 289 g/mol. The Labute approximate surface area is 121 Å². The van der Waals surface area contributed by atoms with Crippen molar-refractivity contribution in [2.24, 2.45) is 0 Å². The number of nitrogens with two attached hydrogens (primary N) is 1. The van der Waals surface area contributed by atoms with Crippen molar-refractivity contribution in [2.75, 3.05) is 12.8 Å². The second-order valence-electron chi connectivity index (χ2n) is 4.31. The summed E-state index contributed by atoms with van der Waals surface area (Å²) in [5.41, 5.74) is 8.66. The molecule has 0 aromatic carbocycles. The van der Waals surface area contributed by atoms with Crippen molar-refractivity contribution in [1.82, 2.24) is 9.97 Å². The number of anilines is 1. The number of esters is 1. The van der Waals surface area contributed by atoms with Crippen molar-refractivity contribution in [3.63, 3.8) is 0 Å². The third-order valence-corrected chi connectivity index (χ3v) is 3.50. The average molecular weight is 289 g/mol. The molecule has 0 spiro atoms. The van der Waals surface area contributed by atoms with Crippen LogP contribution in [0.4, 0.5) is 5.69 Å². The van der Waals surface area contributed by atoms with Gasteiger partial charge in [-0.3, -0.25) is 0 Å². The van der Waals surface area contributed by atoms with Crippen LogP contribution in [0.2, 0.25) is 0 Å². The van der Waals surface area contributed by atoms with E-state index in [0.29, 0.717) is 10.7 Å². The molecule has 0 aliphatic rings. The Morgan fingerprint density at radius 3 is 2.65 bits per heavy atom. The molecule has 2 heterocycles. The van der Waals surface area contributed by atoms with Gasteiger partial charge in [0.2, 0.25) is 0 Å². The molecule has 2 aromatic rings. The smallest absolute Gasteiger partial charge is 0.356 e. The Hall–Kier alpha value is -2.08. The van der Waals surface area contributed by atoms with E-state index >= 15 is 0 Å². The molecule has 2 rings (SSSR count). The van der Waals surface area contributed by atoms with E-state index in [1.807, 2.05) is 26.0 Å². The molecule has 2 N–H and O–H groups in total. The molecule has 0 fully saturated rings. The number of pyridine rings is 2. The SMILES string of the molecule is COC(=O)c1ccc(N)c(Sc2cc(C)cc(C)n2)n1. The van der Waals surface area contributed by atoms with Crippen molar-refractivity contribution in [1.29, 1.82) is 0 Å². The fourth-order valence-electron chi connectivity index (χ4n) is 1.71. The van der Waals surface area contributed by atoms with E-state index in [1.165, 1.54) is 18.9 Å². The molecule has 2 aromatic heterocycles. The largest absolute Gasteiger partial charge is 0.464 e. The lowest BCUT2D eigenvalue weighted by molar-refractivity contribution is 0.0593. The van der Waals surface area contributed by atoms with Gasteiger partial charge in [0.25, 0.3) is 0 Å². The summed E-state index contributed by atoms with van der Waals surface area (Å²) in [5.74, 6) is -0.486. The van der Waals surface area contributed by atoms with E-state index in [0.717, 1.165) is 16.3 Å². The Morgan fingerprint density at radius 2 is 2.00 bits per heavy atom. The van der Waals surface area contributed by atoms with Crippen molar-refractivity contribution in [2.45, 2.75) is 23.9 Å². The normalized spacial score (nSPS) is 10.3. The molecule has 0 saturated carbocycles. The number of carbonyl (C=O) groups is 1. The first-order valence-corrected chi connectivity index (χ1v) is 6.79. The van der Waals surface area contributed by atoms with Crippen molar-refractivity contribution < 1.29 is 9.53 Å². The number of hydrogen-bond donors (Lipinski definition) is 1. The summed E-state index contributed by atoms with van der Waals surface area (Å²) in [6.45, 7) is 3.93. The molecule has 20 heavy (non-hydrogen) atoms. The molecule has 0 aliphatic carbocycles. The van der Waals surface area contributed by atoms with Gasteiger partial charge in [-0.25, -0.2) is 14.8 Å². The van der Waals surface area contributed by atoms with Crippen LogP contribution in [-0.4, -0.2) is 23.0 Å². The number of hydrogen-bond acceptors (Lipinski definition) is 6. The number of rotatable bonds is 3. The highest BCUT2D eigenvalue weighted by Crippen LogP contribution is 2.30. The van der Waals surface area contributed by atoms with E-state index in [4.69, 9.17) is 5.73 Å². The molecular weight excluding hydrogens is 274 g/mol. The summed E-state index contributed by atoms with van der Waals surface area (Å²) in [7, 11) is 1.32. The molecule has 6 heteroatoms. The maximum atomic E-state index is 11.5. The highest BCUT2D eigenvalue weighted by atomic mass is 32.2. The van der Waals surface area contributed by atoms with E-state index in [-0.39, 0.29) is 5.69 Å². The topological polar surface area (TPSA) is 78.1 Å². The van der Waals surface area contributed by atoms with E-state index in [9.17, 15) is 4.79 Å². The van der Waals surface area contributed by atoms with Crippen LogP contribution in [0.1, 0.15) is 21.7 Å². The lowest BCUT2D eigenvalue weighted by Gasteiger charge is -2.07. The molecule has 104 valence electrons. The predicted octanol–water partition coefficient (Wildman–Crippen LogP) is 2.61. The molecule has 0 amide bonds. The van der Waals surface area contributed by atoms with Crippen LogP contribution < -0.4 is 5.73 Å². The number of ether oxygens (including phenoxy) is 1. The highest BCUT2D eigenvalue weighted by molar-refractivity contribution is 7.99. The molecule has 0 saturated heterocycles. The summed E-state index contributed by atoms with van der Waals surface area (Å²) in [6.07, 6.45) is 0. The third-order valence-electron chi connectivity index (χ3n) is 2.56. The fraction of sp³-hybridized carbons (Fsp3) is 0.214. The Kier molecular flexibility index (Phi) is 4.24. The summed E-state index contributed by atoms with van der Waals surface area (Å²) >= 11 is 1.33. The van der Waals surface area contributed by atoms with Crippen LogP contribution in [-0.2, 0) is 4.74 Å². The first-order chi connectivity index (χ1) is 9.49. The van der Waals surface area contributed by atoms with Crippen molar-refractivity contribution in [3.05, 3.63) is 41.2 Å². The Bertz CT molecular complexity index is 639. The van der Waals surface area contributed by atoms with Crippen LogP contribution >= 0.6 is 11.8 Å². The van der Waals surface area contributed by atoms with Gasteiger partial charge in [-0.2, -0.15) is 0 Å². The average Bonchev–Trinajstić information content (AvgIpc) is 2.39. The molecule has 0 radical (unpaired) electrons. The number of nitrogen functional groups attached to an aromatic ring is 1. The maximum Gasteiger partial charge on any atom is 0.356 e. The first-order valence-electron chi connectivity index (χ1n) is 5.97. The zero-order valence-corrected chi connectivity index (χ0v) is 12.3. The van der Waals surface area contributed by atoms with E-state index in [2.05, 4.69) is 14.7 Å². The number of aromatic nitrogens is 2. The molecule has 0 bridgehead atoms. The number of carbonyl (C=O) groups excluding carboxylic acids is 1. The van der Waals surface area contributed by atoms with Gasteiger partial charge in [-0.1, -0.05) is 0 Å². The van der Waals surface area contributed by atoms with Gasteiger partial charge in [0, 0.05) is 5.69 Å². The van der Waals surface area contributed by atoms with Crippen molar-refractivity contribution >= 4 is 23.4 Å². The predicted molar refractivity (Wildman–Crippen MR) is 77.8 cm³/mol. The number of aryl methyl sites for hydroxylation is 2. The van der Waals surface area contributed by atoms with Gasteiger partial charge in [0.1, 0.15) is 15.7 Å². The van der Waals surface area contributed by atoms with Crippen LogP contribution in [0.15, 0.2) is 34.3 Å². The van der Waals surface area contributed by atoms with E-state index < -0.39 is 5.97 Å². The van der Waals surface area contributed by atoms with Gasteiger partial charge in [-0.15, -0.1) is 0 Å². The lowest BCUT2D eigenvalue weighted by atomic mass is 10.3. The second-order valence-corrected chi connectivity index (χ2v) is 5.32. The molecule has 0 aliphatic heterocycles. The van der Waals surface area contributed by atoms with Crippen LogP contribution in [0.3, 0.4) is 0 Å². The number of methoxy groups -OCH3 is 1. The van der Waals surface area contributed by atoms with Gasteiger partial charge >= 0.3 is 5.97 Å². The molecule has 0 atom stereocenters. The molecule has 5 nitrogen and oxygen atoms in total. The van der Waals surface area contributed by atoms with Crippen molar-refractivity contribution in [3.8, 4) is 0 Å². The summed E-state index contributed by atoms with van der Waals surface area (Å²) in [6, 6.07) is 7.12. The first kappa shape index (κ1) is 14.3. The standard InChI is InChI=1S/C14H15N3O2S/c1-8-6-9(2)16-12(7-8)20-13-10(15)4-5-11(17-13)14(18)19-3/h4-7H,15H2,1-3H3. The lowest BCUT2D eigenvalue weighted by Crippen LogP contribution is -2.06. The Morgan fingerprint density at radius 1 is 1.25 bits per heavy atom. The fourth-order valence-corrected chi connectivity index (χ4v) is 2.67. The highest BCUT2D eigenvalue weighted by Gasteiger charge is 2.12. The summed E-state index contributed by atoms with van der Waals surface area (Å²) in [5, 5.41) is 1.34. The minimum atomic E-state index is -0.486. The van der Waals surface area contributed by atoms with Crippen LogP contribution in [0, 0.1) is 13.8 Å². The van der Waals surface area contributed by atoms with Gasteiger partial charge in [0.15, 0.2) is 0 Å². The summed E-state index contributed by atoms with van der Waals surface area (Å²) < 4.78 is 4.65. The van der Waals surface area contributed by atoms with Gasteiger partial charge in [0.05, 0.1) is 12.8 Å². The second kappa shape index (κ2) is 5.92. The summed E-state index contributed by atoms with van der Waals surface area (Å²) in [4.78, 5) is 20.1. The quantitative estimate of drug-likeness (QED) is 0.875. The van der Waals surface area contributed by atoms with Crippen LogP contribution in [0.5, 0.6) is 0 Å². The minimum absolute atomic E-state index is 0.230. The molecular formula is C14H15N3O2S. The zero-order valence-electron chi connectivity index (χ0n) is 11.5. The van der Waals surface area contributed by atoms with Crippen LogP contribution in [0.25, 0.3) is 0 Å². The number of nitrogens with zero attached hydrogens (tertiary/aromatic N) is 2. The third kappa shape index (κ3) is 3.27. The zero-order chi connectivity index (χ0) is 14.7. The van der Waals surface area contributed by atoms with Gasteiger partial charge < -0.3 is 10.5 Å². The molecule has 0 unspecified atom stereocenters. The van der Waals surface area contributed by atoms with E-state index in [1.54, 1.807) is 12.1 Å². The minimum Gasteiger partial charge on any atom is -0.464 e. The van der Waals surface area contributed by atoms with Gasteiger partial charge in [-0.05, 0) is 55.4 Å². The maximum absolute atomic E-state index is 11.5. The Balaban J connectivity index is 2.34.